The van der Waals surface area contributed by atoms with Gasteiger partial charge in [-0.1, -0.05) is 44.2 Å². The zero-order valence-electron chi connectivity index (χ0n) is 12.2. The molecule has 0 aliphatic carbocycles. The summed E-state index contributed by atoms with van der Waals surface area (Å²) < 4.78 is 13.4. The Kier molecular flexibility index (Phi) is 4.82. The van der Waals surface area contributed by atoms with Crippen molar-refractivity contribution in [3.05, 3.63) is 70.5 Å². The fourth-order valence-corrected chi connectivity index (χ4v) is 2.67. The van der Waals surface area contributed by atoms with E-state index < -0.39 is 0 Å². The molecular weight excluding hydrogens is 271 g/mol. The lowest BCUT2D eigenvalue weighted by Crippen LogP contribution is -1.98. The fourth-order valence-electron chi connectivity index (χ4n) is 2.29. The molecule has 0 aliphatic rings. The molecule has 0 aliphatic heterocycles. The molecule has 0 saturated carbocycles. The maximum absolute atomic E-state index is 13.4. The first kappa shape index (κ1) is 15.1. The molecule has 0 spiro atoms. The van der Waals surface area contributed by atoms with Gasteiger partial charge < -0.3 is 0 Å². The van der Waals surface area contributed by atoms with Crippen LogP contribution in [0.1, 0.15) is 53.8 Å². The van der Waals surface area contributed by atoms with E-state index in [2.05, 4.69) is 26.0 Å². The minimum absolute atomic E-state index is 0.243. The molecule has 2 atom stereocenters. The molecule has 0 heterocycles. The molecule has 20 heavy (non-hydrogen) atoms. The molecule has 2 rings (SSSR count). The van der Waals surface area contributed by atoms with Crippen LogP contribution >= 0.6 is 11.6 Å². The van der Waals surface area contributed by atoms with Gasteiger partial charge in [0.05, 0.1) is 5.38 Å². The zero-order chi connectivity index (χ0) is 14.7. The zero-order valence-corrected chi connectivity index (χ0v) is 12.9. The summed E-state index contributed by atoms with van der Waals surface area (Å²) in [5.74, 6) is 0.307. The predicted octanol–water partition coefficient (Wildman–Crippen LogP) is 5.98. The average molecular weight is 291 g/mol. The summed E-state index contributed by atoms with van der Waals surface area (Å²) in [5.41, 5.74) is 4.17. The highest BCUT2D eigenvalue weighted by molar-refractivity contribution is 6.22. The van der Waals surface area contributed by atoms with Crippen molar-refractivity contribution >= 4 is 11.6 Å². The molecule has 0 fully saturated rings. The van der Waals surface area contributed by atoms with E-state index in [9.17, 15) is 4.39 Å². The normalized spacial score (nSPS) is 14.1. The van der Waals surface area contributed by atoms with E-state index in [0.29, 0.717) is 5.92 Å². The average Bonchev–Trinajstić information content (AvgIpc) is 2.48. The Morgan fingerprint density at radius 3 is 2.25 bits per heavy atom. The van der Waals surface area contributed by atoms with E-state index >= 15 is 0 Å². The number of aryl methyl sites for hydroxylation is 1. The molecule has 2 unspecified atom stereocenters. The van der Waals surface area contributed by atoms with Gasteiger partial charge in [-0.25, -0.2) is 4.39 Å². The van der Waals surface area contributed by atoms with Crippen LogP contribution in [-0.4, -0.2) is 0 Å². The Morgan fingerprint density at radius 1 is 1.05 bits per heavy atom. The third kappa shape index (κ3) is 3.21. The summed E-state index contributed by atoms with van der Waals surface area (Å²) in [6.45, 7) is 6.35. The molecule has 0 bridgehead atoms. The third-order valence-corrected chi connectivity index (χ3v) is 4.41. The Balaban J connectivity index is 2.29. The van der Waals surface area contributed by atoms with Crippen LogP contribution in [0.5, 0.6) is 0 Å². The smallest absolute Gasteiger partial charge is 0.123 e. The highest BCUT2D eigenvalue weighted by Gasteiger charge is 2.14. The van der Waals surface area contributed by atoms with Gasteiger partial charge >= 0.3 is 0 Å². The Morgan fingerprint density at radius 2 is 1.65 bits per heavy atom. The Bertz CT molecular complexity index is 574. The maximum atomic E-state index is 13.4. The van der Waals surface area contributed by atoms with E-state index in [0.717, 1.165) is 23.1 Å². The number of rotatable bonds is 4. The fraction of sp³-hybridized carbons (Fsp3) is 0.333. The minimum Gasteiger partial charge on any atom is -0.207 e. The first-order valence-electron chi connectivity index (χ1n) is 7.03. The molecule has 0 radical (unpaired) electrons. The maximum Gasteiger partial charge on any atom is 0.123 e. The number of hydrogen-bond donors (Lipinski definition) is 0. The van der Waals surface area contributed by atoms with Crippen molar-refractivity contribution in [2.75, 3.05) is 0 Å². The number of benzene rings is 2. The van der Waals surface area contributed by atoms with Crippen LogP contribution in [0.15, 0.2) is 42.5 Å². The lowest BCUT2D eigenvalue weighted by atomic mass is 9.95. The summed E-state index contributed by atoms with van der Waals surface area (Å²) in [4.78, 5) is 0. The monoisotopic (exact) mass is 290 g/mol. The summed E-state index contributed by atoms with van der Waals surface area (Å²) in [7, 11) is 0. The molecule has 2 aromatic carbocycles. The molecule has 0 saturated heterocycles. The van der Waals surface area contributed by atoms with E-state index in [-0.39, 0.29) is 11.2 Å². The van der Waals surface area contributed by atoms with E-state index in [1.54, 1.807) is 6.07 Å². The van der Waals surface area contributed by atoms with Crippen molar-refractivity contribution in [2.45, 2.75) is 38.5 Å². The SMILES string of the molecule is CCC(C)c1ccc(C(Cl)c2cc(F)ccc2C)cc1. The van der Waals surface area contributed by atoms with Crippen molar-refractivity contribution in [1.29, 1.82) is 0 Å². The number of alkyl halides is 1. The Hall–Kier alpha value is -1.34. The molecule has 0 N–H and O–H groups in total. The van der Waals surface area contributed by atoms with Crippen molar-refractivity contribution < 1.29 is 4.39 Å². The quantitative estimate of drug-likeness (QED) is 0.608. The first-order chi connectivity index (χ1) is 9.52. The molecule has 2 heteroatoms. The molecule has 0 aromatic heterocycles. The van der Waals surface area contributed by atoms with Gasteiger partial charge in [0.2, 0.25) is 0 Å². The lowest BCUT2D eigenvalue weighted by molar-refractivity contribution is 0.625. The van der Waals surface area contributed by atoms with Crippen molar-refractivity contribution in [3.63, 3.8) is 0 Å². The van der Waals surface area contributed by atoms with Crippen LogP contribution in [0.25, 0.3) is 0 Å². The van der Waals surface area contributed by atoms with Gasteiger partial charge in [0.1, 0.15) is 5.82 Å². The van der Waals surface area contributed by atoms with Crippen molar-refractivity contribution in [3.8, 4) is 0 Å². The number of halogens is 2. The lowest BCUT2D eigenvalue weighted by Gasteiger charge is -2.15. The molecule has 0 nitrogen and oxygen atoms in total. The van der Waals surface area contributed by atoms with Crippen molar-refractivity contribution in [2.24, 2.45) is 0 Å². The molecule has 106 valence electrons. The van der Waals surface area contributed by atoms with Gasteiger partial charge in [-0.05, 0) is 53.6 Å². The van der Waals surface area contributed by atoms with Gasteiger partial charge in [0.25, 0.3) is 0 Å². The van der Waals surface area contributed by atoms with Crippen LogP contribution in [-0.2, 0) is 0 Å². The predicted molar refractivity (Wildman–Crippen MR) is 84.0 cm³/mol. The van der Waals surface area contributed by atoms with Gasteiger partial charge in [0, 0.05) is 0 Å². The second kappa shape index (κ2) is 6.41. The van der Waals surface area contributed by atoms with Crippen LogP contribution < -0.4 is 0 Å². The highest BCUT2D eigenvalue weighted by Crippen LogP contribution is 2.32. The Labute approximate surface area is 125 Å². The van der Waals surface area contributed by atoms with Crippen LogP contribution in [0.4, 0.5) is 4.39 Å². The van der Waals surface area contributed by atoms with E-state index in [1.807, 2.05) is 19.1 Å². The molecule has 2 aromatic rings. The van der Waals surface area contributed by atoms with Crippen LogP contribution in [0, 0.1) is 12.7 Å². The summed E-state index contributed by atoms with van der Waals surface area (Å²) in [5, 5.41) is -0.309. The topological polar surface area (TPSA) is 0 Å². The molecular formula is C18H20ClF. The van der Waals surface area contributed by atoms with E-state index in [1.165, 1.54) is 17.7 Å². The minimum atomic E-state index is -0.309. The second-order valence-corrected chi connectivity index (χ2v) is 5.78. The summed E-state index contributed by atoms with van der Waals surface area (Å²) in [6.07, 6.45) is 1.12. The van der Waals surface area contributed by atoms with Crippen molar-refractivity contribution in [1.82, 2.24) is 0 Å². The van der Waals surface area contributed by atoms with E-state index in [4.69, 9.17) is 11.6 Å². The van der Waals surface area contributed by atoms with Gasteiger partial charge in [-0.15, -0.1) is 11.6 Å². The standard InChI is InChI=1S/C18H20ClF/c1-4-12(2)14-6-8-15(9-7-14)18(19)17-11-16(20)10-5-13(17)3/h5-12,18H,4H2,1-3H3. The van der Waals surface area contributed by atoms with Crippen LogP contribution in [0.3, 0.4) is 0 Å². The summed E-state index contributed by atoms with van der Waals surface area (Å²) in [6, 6.07) is 13.1. The highest BCUT2D eigenvalue weighted by atomic mass is 35.5. The van der Waals surface area contributed by atoms with Gasteiger partial charge in [-0.2, -0.15) is 0 Å². The summed E-state index contributed by atoms with van der Waals surface area (Å²) >= 11 is 6.51. The first-order valence-corrected chi connectivity index (χ1v) is 7.46. The number of hydrogen-bond acceptors (Lipinski definition) is 0. The largest absolute Gasteiger partial charge is 0.207 e. The van der Waals surface area contributed by atoms with Gasteiger partial charge in [-0.3, -0.25) is 0 Å². The third-order valence-electron chi connectivity index (χ3n) is 3.92. The second-order valence-electron chi connectivity index (χ2n) is 5.34. The molecule has 0 amide bonds. The van der Waals surface area contributed by atoms with Crippen LogP contribution in [0.2, 0.25) is 0 Å². The van der Waals surface area contributed by atoms with Gasteiger partial charge in [0.15, 0.2) is 0 Å².